The number of pyridine rings is 6. The molecule has 0 amide bonds. The molecule has 0 spiro atoms. The van der Waals surface area contributed by atoms with Gasteiger partial charge in [0.1, 0.15) is 0 Å². The van der Waals surface area contributed by atoms with E-state index in [1.54, 1.807) is 24.8 Å². The summed E-state index contributed by atoms with van der Waals surface area (Å²) in [5.74, 6) is 0. The van der Waals surface area contributed by atoms with E-state index < -0.39 is 20.5 Å². The van der Waals surface area contributed by atoms with Crippen LogP contribution in [-0.4, -0.2) is 35.2 Å². The standard InChI is InChI=1S/C15H17BrN2.2C10H8N2.2ClHO4.Ru/c1-12-5-8-17-14(10-12)15-11-13(6-9-18-15)4-2-3-7-16;2*1-3-7-11-9(5-1)10-6-2-4-8-12-10;2*2-1(3,4)5;/h5-6,8-11H,2-4,7H2,1H3;2*1-8H;2*(H,2,3,4,5);/q;;;;;+2/p-2. The van der Waals surface area contributed by atoms with Crippen molar-refractivity contribution in [3.05, 3.63) is 145 Å². The quantitative estimate of drug-likeness (QED) is 0.105. The molecule has 6 rings (SSSR count). The zero-order valence-corrected chi connectivity index (χ0v) is 32.8. The molecule has 0 aliphatic heterocycles. The van der Waals surface area contributed by atoms with Crippen LogP contribution in [0.4, 0.5) is 0 Å². The van der Waals surface area contributed by atoms with Crippen molar-refractivity contribution in [2.24, 2.45) is 0 Å². The third-order valence-corrected chi connectivity index (χ3v) is 6.60. The molecule has 0 fully saturated rings. The predicted molar refractivity (Wildman–Crippen MR) is 174 cm³/mol. The molecular formula is C35H33BrCl2N6O8Ru. The van der Waals surface area contributed by atoms with E-state index in [2.05, 4.69) is 71.0 Å². The minimum atomic E-state index is -4.94. The number of hydrogen-bond donors (Lipinski definition) is 0. The smallest absolute Gasteiger partial charge is 0.255 e. The Kier molecular flexibility index (Phi) is 23.3. The van der Waals surface area contributed by atoms with E-state index in [9.17, 15) is 0 Å². The van der Waals surface area contributed by atoms with E-state index in [0.717, 1.165) is 45.9 Å². The van der Waals surface area contributed by atoms with E-state index in [4.69, 9.17) is 37.3 Å². The maximum absolute atomic E-state index is 8.49. The minimum absolute atomic E-state index is 0. The molecule has 0 atom stereocenters. The van der Waals surface area contributed by atoms with Crippen LogP contribution in [0.5, 0.6) is 0 Å². The van der Waals surface area contributed by atoms with E-state index in [1.165, 1.54) is 24.0 Å². The molecule has 0 aliphatic rings. The molecule has 18 heteroatoms. The molecule has 53 heavy (non-hydrogen) atoms. The van der Waals surface area contributed by atoms with Gasteiger partial charge in [-0.2, -0.15) is 0 Å². The Morgan fingerprint density at radius 3 is 1.11 bits per heavy atom. The second-order valence-corrected chi connectivity index (χ2v) is 12.3. The molecule has 0 radical (unpaired) electrons. The van der Waals surface area contributed by atoms with Crippen molar-refractivity contribution in [2.45, 2.75) is 26.2 Å². The molecule has 0 saturated carbocycles. The van der Waals surface area contributed by atoms with Crippen LogP contribution in [0.3, 0.4) is 0 Å². The van der Waals surface area contributed by atoms with Gasteiger partial charge in [0.15, 0.2) is 0 Å². The Labute approximate surface area is 332 Å². The predicted octanol–water partition coefficient (Wildman–Crippen LogP) is -1.06. The Bertz CT molecular complexity index is 1650. The van der Waals surface area contributed by atoms with Gasteiger partial charge in [0, 0.05) is 42.5 Å². The van der Waals surface area contributed by atoms with E-state index >= 15 is 0 Å². The molecular weight excluding hydrogens is 884 g/mol. The third-order valence-electron chi connectivity index (χ3n) is 6.04. The Hall–Kier alpha value is -3.74. The molecule has 6 aromatic heterocycles. The zero-order valence-electron chi connectivity index (χ0n) is 28.0. The summed E-state index contributed by atoms with van der Waals surface area (Å²) in [5, 5.41) is 1.07. The Balaban J connectivity index is 0.000000356. The van der Waals surface area contributed by atoms with Crippen molar-refractivity contribution in [3.63, 3.8) is 0 Å². The summed E-state index contributed by atoms with van der Waals surface area (Å²) in [6, 6.07) is 31.5. The number of alkyl halides is 1. The van der Waals surface area contributed by atoms with Gasteiger partial charge in [0.2, 0.25) is 0 Å². The second kappa shape index (κ2) is 26.1. The molecule has 0 saturated heterocycles. The van der Waals surface area contributed by atoms with Gasteiger partial charge in [-0.15, -0.1) is 20.5 Å². The van der Waals surface area contributed by atoms with Crippen molar-refractivity contribution in [1.82, 2.24) is 29.9 Å². The van der Waals surface area contributed by atoms with E-state index in [1.807, 2.05) is 91.3 Å². The molecule has 14 nitrogen and oxygen atoms in total. The first-order valence-corrected chi connectivity index (χ1v) is 18.6. The molecule has 6 aromatic rings. The SMILES string of the molecule is Cc1ccnc(-c2cc(CCCCBr)ccn2)c1.[O-][Cl+3]([O-])([O-])[O-].[O-][Cl+3]([O-])([O-])[O-].[Ru+2].c1ccc(-c2ccccn2)nc1.c1ccc(-c2ccccn2)nc1. The van der Waals surface area contributed by atoms with Crippen LogP contribution in [0.15, 0.2) is 134 Å². The average Bonchev–Trinajstić information content (AvgIpc) is 3.13. The summed E-state index contributed by atoms with van der Waals surface area (Å²) in [6.45, 7) is 2.07. The fourth-order valence-corrected chi connectivity index (χ4v) is 4.32. The number of rotatable bonds is 7. The number of aromatic nitrogens is 6. The number of hydrogen-bond acceptors (Lipinski definition) is 14. The monoisotopic (exact) mass is 916 g/mol. The molecule has 0 bridgehead atoms. The summed E-state index contributed by atoms with van der Waals surface area (Å²) < 4.78 is 67.9. The Morgan fingerprint density at radius 1 is 0.453 bits per heavy atom. The average molecular weight is 918 g/mol. The van der Waals surface area contributed by atoms with Crippen LogP contribution >= 0.6 is 15.9 Å². The van der Waals surface area contributed by atoms with Crippen LogP contribution in [0, 0.1) is 27.4 Å². The molecule has 0 aromatic carbocycles. The number of unbranched alkanes of at least 4 members (excludes halogenated alkanes) is 1. The third kappa shape index (κ3) is 24.3. The maximum Gasteiger partial charge on any atom is 2.00 e. The van der Waals surface area contributed by atoms with Crippen molar-refractivity contribution < 1.29 is 77.2 Å². The fraction of sp³-hybridized carbons (Fsp3) is 0.143. The van der Waals surface area contributed by atoms with Gasteiger partial charge in [-0.05, 0) is 110 Å². The summed E-state index contributed by atoms with van der Waals surface area (Å²) in [4.78, 5) is 25.5. The van der Waals surface area contributed by atoms with Crippen LogP contribution in [0.25, 0.3) is 34.2 Å². The van der Waals surface area contributed by atoms with Crippen molar-refractivity contribution in [2.75, 3.05) is 5.33 Å². The van der Waals surface area contributed by atoms with Crippen molar-refractivity contribution in [3.8, 4) is 34.2 Å². The summed E-state index contributed by atoms with van der Waals surface area (Å²) in [5.41, 5.74) is 8.13. The van der Waals surface area contributed by atoms with Gasteiger partial charge in [-0.1, -0.05) is 40.2 Å². The first-order valence-electron chi connectivity index (χ1n) is 15.0. The van der Waals surface area contributed by atoms with Crippen LogP contribution in [0.2, 0.25) is 0 Å². The first-order chi connectivity index (χ1) is 24.7. The van der Waals surface area contributed by atoms with Gasteiger partial charge in [-0.25, -0.2) is 37.3 Å². The van der Waals surface area contributed by atoms with Crippen molar-refractivity contribution in [1.29, 1.82) is 0 Å². The van der Waals surface area contributed by atoms with Crippen molar-refractivity contribution >= 4 is 15.9 Å². The first kappa shape index (κ1) is 47.3. The van der Waals surface area contributed by atoms with Gasteiger partial charge < -0.3 is 0 Å². The topological polar surface area (TPSA) is 262 Å². The Morgan fingerprint density at radius 2 is 0.792 bits per heavy atom. The minimum Gasteiger partial charge on any atom is -0.255 e. The van der Waals surface area contributed by atoms with E-state index in [-0.39, 0.29) is 19.5 Å². The molecule has 6 heterocycles. The summed E-state index contributed by atoms with van der Waals surface area (Å²) >= 11 is 3.46. The van der Waals surface area contributed by atoms with Gasteiger partial charge in [-0.3, -0.25) is 29.9 Å². The molecule has 0 unspecified atom stereocenters. The van der Waals surface area contributed by atoms with Crippen LogP contribution in [0.1, 0.15) is 24.0 Å². The van der Waals surface area contributed by atoms with Gasteiger partial charge in [0.25, 0.3) is 0 Å². The summed E-state index contributed by atoms with van der Waals surface area (Å²) in [7, 11) is -9.89. The molecule has 0 N–H and O–H groups in total. The number of halogens is 3. The largest absolute Gasteiger partial charge is 2.00 e. The van der Waals surface area contributed by atoms with Crippen LogP contribution in [-0.2, 0) is 25.9 Å². The van der Waals surface area contributed by atoms with E-state index in [0.29, 0.717) is 0 Å². The number of aryl methyl sites for hydroxylation is 2. The summed E-state index contributed by atoms with van der Waals surface area (Å²) in [6.07, 6.45) is 14.3. The van der Waals surface area contributed by atoms with Gasteiger partial charge in [0.05, 0.1) is 34.2 Å². The normalized spacial score (nSPS) is 10.2. The molecule has 280 valence electrons. The zero-order chi connectivity index (χ0) is 38.2. The maximum atomic E-state index is 8.49. The van der Waals surface area contributed by atoms with Crippen LogP contribution < -0.4 is 37.3 Å². The fourth-order valence-electron chi connectivity index (χ4n) is 3.93. The second-order valence-electron chi connectivity index (χ2n) is 10.0. The number of nitrogens with zero attached hydrogens (tertiary/aromatic N) is 6. The van der Waals surface area contributed by atoms with Gasteiger partial charge >= 0.3 is 19.5 Å². The molecule has 0 aliphatic carbocycles.